The first-order valence-electron chi connectivity index (χ1n) is 5.77. The Bertz CT molecular complexity index is 630. The Morgan fingerprint density at radius 1 is 1.42 bits per heavy atom. The van der Waals surface area contributed by atoms with E-state index in [-0.39, 0.29) is 5.91 Å². The fourth-order valence-corrected chi connectivity index (χ4v) is 2.80. The van der Waals surface area contributed by atoms with Gasteiger partial charge in [0, 0.05) is 16.8 Å². The number of rotatable bonds is 4. The van der Waals surface area contributed by atoms with Crippen molar-refractivity contribution in [3.8, 4) is 0 Å². The van der Waals surface area contributed by atoms with Gasteiger partial charge in [-0.05, 0) is 26.1 Å². The molecule has 0 aliphatic heterocycles. The van der Waals surface area contributed by atoms with Crippen LogP contribution in [0, 0.1) is 17.8 Å². The minimum Gasteiger partial charge on any atom is -0.350 e. The van der Waals surface area contributed by atoms with Crippen molar-refractivity contribution in [1.29, 1.82) is 0 Å². The van der Waals surface area contributed by atoms with Gasteiger partial charge in [-0.1, -0.05) is 0 Å². The van der Waals surface area contributed by atoms with Crippen LogP contribution >= 0.6 is 23.6 Å². The van der Waals surface area contributed by atoms with Gasteiger partial charge >= 0.3 is 0 Å². The second-order valence-electron chi connectivity index (χ2n) is 4.17. The number of amides is 1. The third kappa shape index (κ3) is 3.93. The summed E-state index contributed by atoms with van der Waals surface area (Å²) < 4.78 is 0.699. The summed E-state index contributed by atoms with van der Waals surface area (Å²) >= 11 is 6.48. The van der Waals surface area contributed by atoms with E-state index in [0.717, 1.165) is 22.0 Å². The van der Waals surface area contributed by atoms with Gasteiger partial charge in [0.25, 0.3) is 0 Å². The van der Waals surface area contributed by atoms with E-state index in [1.807, 2.05) is 13.8 Å². The SMILES string of the molecule is Cc1cnc(CNC(=O)Cc2sc(=S)[nH]c2C)cn1. The lowest BCUT2D eigenvalue weighted by atomic mass is 10.3. The average Bonchev–Trinajstić information content (AvgIpc) is 2.67. The molecule has 0 aliphatic rings. The normalized spacial score (nSPS) is 10.4. The summed E-state index contributed by atoms with van der Waals surface area (Å²) in [5, 5.41) is 2.82. The molecule has 0 aromatic carbocycles. The van der Waals surface area contributed by atoms with Crippen molar-refractivity contribution in [3.05, 3.63) is 38.3 Å². The molecular formula is C12H14N4OS2. The van der Waals surface area contributed by atoms with Gasteiger partial charge in [-0.15, -0.1) is 11.3 Å². The highest BCUT2D eigenvalue weighted by Crippen LogP contribution is 2.14. The van der Waals surface area contributed by atoms with Crippen LogP contribution in [0.2, 0.25) is 0 Å². The number of hydrogen-bond acceptors (Lipinski definition) is 5. The van der Waals surface area contributed by atoms with Gasteiger partial charge in [-0.3, -0.25) is 14.8 Å². The fraction of sp³-hybridized carbons (Fsp3) is 0.333. The molecule has 7 heteroatoms. The summed E-state index contributed by atoms with van der Waals surface area (Å²) in [5.41, 5.74) is 2.57. The quantitative estimate of drug-likeness (QED) is 0.847. The highest BCUT2D eigenvalue weighted by atomic mass is 32.1. The Morgan fingerprint density at radius 3 is 2.79 bits per heavy atom. The second kappa shape index (κ2) is 6.03. The van der Waals surface area contributed by atoms with Crippen molar-refractivity contribution in [2.45, 2.75) is 26.8 Å². The van der Waals surface area contributed by atoms with Crippen LogP contribution in [0.1, 0.15) is 22.0 Å². The van der Waals surface area contributed by atoms with E-state index >= 15 is 0 Å². The number of hydrogen-bond donors (Lipinski definition) is 2. The maximum absolute atomic E-state index is 11.8. The zero-order valence-corrected chi connectivity index (χ0v) is 12.3. The summed E-state index contributed by atoms with van der Waals surface area (Å²) in [6.07, 6.45) is 3.69. The lowest BCUT2D eigenvalue weighted by molar-refractivity contribution is -0.120. The maximum Gasteiger partial charge on any atom is 0.225 e. The number of carbonyl (C=O) groups excluding carboxylic acids is 1. The van der Waals surface area contributed by atoms with Crippen LogP contribution in [0.15, 0.2) is 12.4 Å². The molecule has 19 heavy (non-hydrogen) atoms. The number of aromatic amines is 1. The second-order valence-corrected chi connectivity index (χ2v) is 5.94. The number of thiazole rings is 1. The Balaban J connectivity index is 1.90. The molecule has 2 rings (SSSR count). The van der Waals surface area contributed by atoms with Gasteiger partial charge in [0.15, 0.2) is 3.95 Å². The van der Waals surface area contributed by atoms with Crippen molar-refractivity contribution in [2.75, 3.05) is 0 Å². The number of aromatic nitrogens is 3. The third-order valence-corrected chi connectivity index (χ3v) is 3.88. The lowest BCUT2D eigenvalue weighted by Crippen LogP contribution is -2.25. The Hall–Kier alpha value is -1.60. The largest absolute Gasteiger partial charge is 0.350 e. The predicted octanol–water partition coefficient (Wildman–Crippen LogP) is 2.07. The molecule has 5 nitrogen and oxygen atoms in total. The number of nitrogens with zero attached hydrogens (tertiary/aromatic N) is 2. The summed E-state index contributed by atoms with van der Waals surface area (Å²) in [7, 11) is 0. The average molecular weight is 294 g/mol. The van der Waals surface area contributed by atoms with E-state index in [1.165, 1.54) is 11.3 Å². The first kappa shape index (κ1) is 13.8. The maximum atomic E-state index is 11.8. The van der Waals surface area contributed by atoms with Gasteiger partial charge in [0.05, 0.1) is 30.6 Å². The van der Waals surface area contributed by atoms with Crippen molar-refractivity contribution < 1.29 is 4.79 Å². The van der Waals surface area contributed by atoms with Crippen LogP contribution in [-0.4, -0.2) is 20.9 Å². The van der Waals surface area contributed by atoms with Crippen molar-refractivity contribution in [1.82, 2.24) is 20.3 Å². The first-order valence-corrected chi connectivity index (χ1v) is 7.00. The fourth-order valence-electron chi connectivity index (χ4n) is 1.51. The first-order chi connectivity index (χ1) is 9.04. The third-order valence-electron chi connectivity index (χ3n) is 2.55. The predicted molar refractivity (Wildman–Crippen MR) is 76.6 cm³/mol. The van der Waals surface area contributed by atoms with E-state index in [0.29, 0.717) is 16.9 Å². The highest BCUT2D eigenvalue weighted by molar-refractivity contribution is 7.73. The van der Waals surface area contributed by atoms with Crippen LogP contribution in [-0.2, 0) is 17.8 Å². The molecule has 0 bridgehead atoms. The van der Waals surface area contributed by atoms with Gasteiger partial charge in [0.2, 0.25) is 5.91 Å². The van der Waals surface area contributed by atoms with E-state index in [1.54, 1.807) is 12.4 Å². The van der Waals surface area contributed by atoms with Crippen LogP contribution in [0.4, 0.5) is 0 Å². The Labute approximate surface area is 120 Å². The van der Waals surface area contributed by atoms with Crippen LogP contribution in [0.5, 0.6) is 0 Å². The van der Waals surface area contributed by atoms with E-state index < -0.39 is 0 Å². The standard InChI is InChI=1S/C12H14N4OS2/c1-7-4-14-9(5-13-7)6-15-11(17)3-10-8(2)16-12(18)19-10/h4-5H,3,6H2,1-2H3,(H,15,17)(H,16,18). The molecule has 2 N–H and O–H groups in total. The molecule has 100 valence electrons. The molecule has 0 spiro atoms. The zero-order chi connectivity index (χ0) is 13.8. The minimum absolute atomic E-state index is 0.0456. The molecule has 2 heterocycles. The molecule has 2 aromatic heterocycles. The van der Waals surface area contributed by atoms with E-state index in [4.69, 9.17) is 12.2 Å². The molecule has 1 amide bonds. The van der Waals surface area contributed by atoms with Gasteiger partial charge in [0.1, 0.15) is 0 Å². The molecule has 0 atom stereocenters. The number of nitrogens with one attached hydrogen (secondary N) is 2. The lowest BCUT2D eigenvalue weighted by Gasteiger charge is -2.04. The van der Waals surface area contributed by atoms with Gasteiger partial charge in [-0.2, -0.15) is 0 Å². The minimum atomic E-state index is -0.0456. The summed E-state index contributed by atoms with van der Waals surface area (Å²) in [6.45, 7) is 4.18. The number of carbonyl (C=O) groups is 1. The van der Waals surface area contributed by atoms with Crippen LogP contribution < -0.4 is 5.32 Å². The molecule has 0 unspecified atom stereocenters. The van der Waals surface area contributed by atoms with Crippen LogP contribution in [0.3, 0.4) is 0 Å². The van der Waals surface area contributed by atoms with E-state index in [9.17, 15) is 4.79 Å². The highest BCUT2D eigenvalue weighted by Gasteiger charge is 2.08. The van der Waals surface area contributed by atoms with Gasteiger partial charge < -0.3 is 10.3 Å². The summed E-state index contributed by atoms with van der Waals surface area (Å²) in [4.78, 5) is 24.1. The summed E-state index contributed by atoms with van der Waals surface area (Å²) in [5.74, 6) is -0.0456. The van der Waals surface area contributed by atoms with Crippen LogP contribution in [0.25, 0.3) is 0 Å². The van der Waals surface area contributed by atoms with Crippen molar-refractivity contribution in [3.63, 3.8) is 0 Å². The topological polar surface area (TPSA) is 70.7 Å². The molecule has 0 radical (unpaired) electrons. The van der Waals surface area contributed by atoms with Crippen molar-refractivity contribution >= 4 is 29.5 Å². The molecule has 0 saturated heterocycles. The van der Waals surface area contributed by atoms with Crippen molar-refractivity contribution in [2.24, 2.45) is 0 Å². The molecule has 2 aromatic rings. The Kier molecular flexibility index (Phi) is 4.39. The van der Waals surface area contributed by atoms with Gasteiger partial charge in [-0.25, -0.2) is 0 Å². The smallest absolute Gasteiger partial charge is 0.225 e. The monoisotopic (exact) mass is 294 g/mol. The number of H-pyrrole nitrogens is 1. The summed E-state index contributed by atoms with van der Waals surface area (Å²) in [6, 6.07) is 0. The molecule has 0 saturated carbocycles. The van der Waals surface area contributed by atoms with E-state index in [2.05, 4.69) is 20.3 Å². The molecular weight excluding hydrogens is 280 g/mol. The number of aryl methyl sites for hydroxylation is 2. The zero-order valence-electron chi connectivity index (χ0n) is 10.7. The molecule has 0 fully saturated rings. The Morgan fingerprint density at radius 2 is 2.21 bits per heavy atom. The molecule has 0 aliphatic carbocycles.